The average molecular weight is 168 g/mol. The van der Waals surface area contributed by atoms with Crippen molar-refractivity contribution in [3.05, 3.63) is 29.6 Å². The molecule has 0 saturated carbocycles. The number of halogens is 1. The third-order valence-corrected chi connectivity index (χ3v) is 1.48. The van der Waals surface area contributed by atoms with Crippen molar-refractivity contribution in [3.8, 4) is 0 Å². The quantitative estimate of drug-likeness (QED) is 0.657. The van der Waals surface area contributed by atoms with Crippen LogP contribution < -0.4 is 11.1 Å². The molecule has 0 unspecified atom stereocenters. The molecule has 0 atom stereocenters. The van der Waals surface area contributed by atoms with Gasteiger partial charge in [-0.15, -0.1) is 0 Å². The van der Waals surface area contributed by atoms with Gasteiger partial charge in [0.1, 0.15) is 5.82 Å². The summed E-state index contributed by atoms with van der Waals surface area (Å²) in [7, 11) is 0. The lowest BCUT2D eigenvalue weighted by molar-refractivity contribution is -0.105. The number of carbonyl (C=O) groups is 1. The van der Waals surface area contributed by atoms with Crippen molar-refractivity contribution in [1.29, 1.82) is 0 Å². The molecule has 0 aliphatic carbocycles. The van der Waals surface area contributed by atoms with E-state index < -0.39 is 5.82 Å². The Morgan fingerprint density at radius 3 is 2.92 bits per heavy atom. The molecular weight excluding hydrogens is 159 g/mol. The average Bonchev–Trinajstić information content (AvgIpc) is 2.09. The van der Waals surface area contributed by atoms with Gasteiger partial charge >= 0.3 is 0 Å². The van der Waals surface area contributed by atoms with Gasteiger partial charge in [-0.3, -0.25) is 4.79 Å². The Morgan fingerprint density at radius 1 is 1.58 bits per heavy atom. The van der Waals surface area contributed by atoms with Gasteiger partial charge in [0, 0.05) is 6.54 Å². The molecule has 1 aromatic carbocycles. The Morgan fingerprint density at radius 2 is 2.33 bits per heavy atom. The summed E-state index contributed by atoms with van der Waals surface area (Å²) in [5, 5.41) is 2.24. The summed E-state index contributed by atoms with van der Waals surface area (Å²) in [5.41, 5.74) is 6.26. The summed E-state index contributed by atoms with van der Waals surface area (Å²) in [6.45, 7) is 0.327. The molecule has 0 aliphatic rings. The second-order valence-corrected chi connectivity index (χ2v) is 2.28. The van der Waals surface area contributed by atoms with E-state index in [1.54, 1.807) is 6.07 Å². The maximum atomic E-state index is 12.8. The zero-order valence-electron chi connectivity index (χ0n) is 6.38. The van der Waals surface area contributed by atoms with Crippen molar-refractivity contribution in [2.45, 2.75) is 6.54 Å². The van der Waals surface area contributed by atoms with Crippen molar-refractivity contribution < 1.29 is 9.18 Å². The number of hydrogen-bond donors (Lipinski definition) is 2. The van der Waals surface area contributed by atoms with Crippen LogP contribution in [-0.2, 0) is 11.3 Å². The molecule has 1 aromatic rings. The minimum atomic E-state index is -0.459. The number of carbonyl (C=O) groups excluding carboxylic acids is 1. The number of nitrogens with one attached hydrogen (secondary N) is 1. The molecule has 64 valence electrons. The highest BCUT2D eigenvalue weighted by Crippen LogP contribution is 2.14. The maximum absolute atomic E-state index is 12.8. The molecule has 4 heteroatoms. The number of amides is 1. The van der Waals surface area contributed by atoms with Gasteiger partial charge in [0.2, 0.25) is 6.41 Å². The number of nitrogens with two attached hydrogens (primary N) is 1. The normalized spacial score (nSPS) is 9.50. The van der Waals surface area contributed by atoms with Crippen LogP contribution in [0.2, 0.25) is 0 Å². The van der Waals surface area contributed by atoms with Crippen LogP contribution in [0.25, 0.3) is 0 Å². The minimum Gasteiger partial charge on any atom is -0.326 e. The summed E-state index contributed by atoms with van der Waals surface area (Å²) >= 11 is 0. The number of anilines is 1. The summed E-state index contributed by atoms with van der Waals surface area (Å²) < 4.78 is 12.8. The van der Waals surface area contributed by atoms with Crippen LogP contribution in [0.3, 0.4) is 0 Å². The fourth-order valence-corrected chi connectivity index (χ4v) is 0.873. The van der Waals surface area contributed by atoms with Gasteiger partial charge in [-0.1, -0.05) is 6.07 Å². The summed E-state index contributed by atoms with van der Waals surface area (Å²) in [6, 6.07) is 4.35. The Kier molecular flexibility index (Phi) is 2.76. The van der Waals surface area contributed by atoms with Crippen molar-refractivity contribution >= 4 is 12.1 Å². The Bertz CT molecular complexity index is 288. The first kappa shape index (κ1) is 8.67. The number of hydrogen-bond acceptors (Lipinski definition) is 2. The van der Waals surface area contributed by atoms with Gasteiger partial charge in [0.05, 0.1) is 5.69 Å². The van der Waals surface area contributed by atoms with Gasteiger partial charge in [0.25, 0.3) is 0 Å². The summed E-state index contributed by atoms with van der Waals surface area (Å²) in [4.78, 5) is 10.0. The highest BCUT2D eigenvalue weighted by Gasteiger charge is 2.00. The smallest absolute Gasteiger partial charge is 0.211 e. The van der Waals surface area contributed by atoms with E-state index in [1.165, 1.54) is 12.1 Å². The molecule has 0 aliphatic heterocycles. The van der Waals surface area contributed by atoms with Crippen LogP contribution in [0.1, 0.15) is 5.56 Å². The molecule has 0 aromatic heterocycles. The van der Waals surface area contributed by atoms with Crippen LogP contribution in [0.4, 0.5) is 10.1 Å². The maximum Gasteiger partial charge on any atom is 0.211 e. The molecule has 0 bridgehead atoms. The zero-order valence-corrected chi connectivity index (χ0v) is 6.38. The third kappa shape index (κ3) is 1.79. The Balaban J connectivity index is 2.99. The van der Waals surface area contributed by atoms with E-state index in [2.05, 4.69) is 5.32 Å². The zero-order chi connectivity index (χ0) is 8.97. The van der Waals surface area contributed by atoms with E-state index in [-0.39, 0.29) is 5.69 Å². The van der Waals surface area contributed by atoms with Crippen molar-refractivity contribution in [1.82, 2.24) is 0 Å². The van der Waals surface area contributed by atoms with Gasteiger partial charge in [-0.2, -0.15) is 0 Å². The van der Waals surface area contributed by atoms with Crippen LogP contribution in [0, 0.1) is 5.82 Å². The van der Waals surface area contributed by atoms with E-state index in [1.807, 2.05) is 0 Å². The van der Waals surface area contributed by atoms with E-state index in [0.29, 0.717) is 13.0 Å². The standard InChI is InChI=1S/C8H9FN2O/c9-7-2-1-6(4-10)3-8(7)11-5-12/h1-3,5H,4,10H2,(H,11,12). The predicted octanol–water partition coefficient (Wildman–Crippen LogP) is 0.853. The van der Waals surface area contributed by atoms with Crippen LogP contribution in [0.15, 0.2) is 18.2 Å². The second kappa shape index (κ2) is 3.82. The fourth-order valence-electron chi connectivity index (χ4n) is 0.873. The highest BCUT2D eigenvalue weighted by atomic mass is 19.1. The largest absolute Gasteiger partial charge is 0.326 e. The molecule has 0 saturated heterocycles. The minimum absolute atomic E-state index is 0.160. The Labute approximate surface area is 69.4 Å². The Hall–Kier alpha value is -1.42. The first-order chi connectivity index (χ1) is 5.77. The lowest BCUT2D eigenvalue weighted by Crippen LogP contribution is -2.01. The molecule has 0 radical (unpaired) electrons. The van der Waals surface area contributed by atoms with Gasteiger partial charge < -0.3 is 11.1 Å². The second-order valence-electron chi connectivity index (χ2n) is 2.28. The molecule has 1 rings (SSSR count). The van der Waals surface area contributed by atoms with Crippen LogP contribution in [0.5, 0.6) is 0 Å². The predicted molar refractivity (Wildman–Crippen MR) is 44.0 cm³/mol. The van der Waals surface area contributed by atoms with E-state index >= 15 is 0 Å². The summed E-state index contributed by atoms with van der Waals surface area (Å²) in [5.74, 6) is -0.459. The SMILES string of the molecule is NCc1ccc(F)c(NC=O)c1. The summed E-state index contributed by atoms with van der Waals surface area (Å²) in [6.07, 6.45) is 0.429. The van der Waals surface area contributed by atoms with E-state index in [4.69, 9.17) is 5.73 Å². The lowest BCUT2D eigenvalue weighted by atomic mass is 10.2. The first-order valence-electron chi connectivity index (χ1n) is 3.46. The molecular formula is C8H9FN2O. The van der Waals surface area contributed by atoms with Gasteiger partial charge in [-0.25, -0.2) is 4.39 Å². The molecule has 12 heavy (non-hydrogen) atoms. The fraction of sp³-hybridized carbons (Fsp3) is 0.125. The molecule has 3 N–H and O–H groups in total. The van der Waals surface area contributed by atoms with Crippen LogP contribution in [-0.4, -0.2) is 6.41 Å². The highest BCUT2D eigenvalue weighted by molar-refractivity contribution is 5.71. The lowest BCUT2D eigenvalue weighted by Gasteiger charge is -2.02. The van der Waals surface area contributed by atoms with E-state index in [9.17, 15) is 9.18 Å². The molecule has 3 nitrogen and oxygen atoms in total. The van der Waals surface area contributed by atoms with Crippen molar-refractivity contribution in [2.24, 2.45) is 5.73 Å². The molecule has 1 amide bonds. The van der Waals surface area contributed by atoms with Gasteiger partial charge in [0.15, 0.2) is 0 Å². The van der Waals surface area contributed by atoms with E-state index in [0.717, 1.165) is 5.56 Å². The third-order valence-electron chi connectivity index (χ3n) is 1.48. The molecule has 0 fully saturated rings. The number of rotatable bonds is 3. The number of benzene rings is 1. The first-order valence-corrected chi connectivity index (χ1v) is 3.46. The van der Waals surface area contributed by atoms with Crippen LogP contribution >= 0.6 is 0 Å². The molecule has 0 heterocycles. The van der Waals surface area contributed by atoms with Crippen molar-refractivity contribution in [3.63, 3.8) is 0 Å². The molecule has 0 spiro atoms. The topological polar surface area (TPSA) is 55.1 Å². The van der Waals surface area contributed by atoms with Gasteiger partial charge in [-0.05, 0) is 17.7 Å². The van der Waals surface area contributed by atoms with Crippen molar-refractivity contribution in [2.75, 3.05) is 5.32 Å². The monoisotopic (exact) mass is 168 g/mol.